The van der Waals surface area contributed by atoms with Gasteiger partial charge in [-0.3, -0.25) is 0 Å². The fraction of sp³-hybridized carbons (Fsp3) is 0. The van der Waals surface area contributed by atoms with Crippen LogP contribution in [0.2, 0.25) is 0 Å². The second kappa shape index (κ2) is 14.1. The summed E-state index contributed by atoms with van der Waals surface area (Å²) in [5, 5.41) is 0. The third kappa shape index (κ3) is 2910. The van der Waals surface area contributed by atoms with Crippen molar-refractivity contribution < 1.29 is 77.0 Å². The zero-order valence-electron chi connectivity index (χ0n) is 8.79. The Kier molecular flexibility index (Phi) is 22.9. The first-order chi connectivity index (χ1) is 8.00. The van der Waals surface area contributed by atoms with Gasteiger partial charge in [-0.2, -0.15) is 0 Å². The minimum absolute atomic E-state index is 0. The van der Waals surface area contributed by atoms with Gasteiger partial charge >= 0.3 is 69.0 Å². The van der Waals surface area contributed by atoms with E-state index in [0.717, 1.165) is 0 Å². The molecule has 0 unspecified atom stereocenters. The maximum absolute atomic E-state index is 8.88. The average Bonchev–Trinajstić information content (AvgIpc) is 1.62. The van der Waals surface area contributed by atoms with E-state index in [1.54, 1.807) is 0 Å². The zero-order chi connectivity index (χ0) is 18.0. The number of phosphoric acid groups is 4. The number of hydrogen-bond acceptors (Lipinski definition) is 4. The maximum atomic E-state index is 8.88. The Balaban J connectivity index is -0.0000000533. The molecule has 0 aliphatic heterocycles. The summed E-state index contributed by atoms with van der Waals surface area (Å²) in [5.74, 6) is 0. The van der Waals surface area contributed by atoms with Crippen molar-refractivity contribution in [2.75, 3.05) is 0 Å². The van der Waals surface area contributed by atoms with Gasteiger partial charge in [-0.05, 0) is 0 Å². The summed E-state index contributed by atoms with van der Waals surface area (Å²) in [6, 6.07) is 0. The first-order valence-corrected chi connectivity index (χ1v) is 9.39. The number of hydrogen-bond donors (Lipinski definition) is 12. The molecule has 0 amide bonds. The molecule has 0 aliphatic carbocycles. The van der Waals surface area contributed by atoms with E-state index in [1.165, 1.54) is 0 Å². The Morgan fingerprint density at radius 1 is 0.333 bits per heavy atom. The Morgan fingerprint density at radius 3 is 0.333 bits per heavy atom. The summed E-state index contributed by atoms with van der Waals surface area (Å²) >= 11 is 0. The van der Waals surface area contributed by atoms with Crippen molar-refractivity contribution in [2.45, 2.75) is 0 Å². The molecule has 0 aromatic heterocycles. The van der Waals surface area contributed by atoms with E-state index in [2.05, 4.69) is 0 Å². The predicted molar refractivity (Wildman–Crippen MR) is 65.6 cm³/mol. The molecule has 16 nitrogen and oxygen atoms in total. The van der Waals surface area contributed by atoms with Crippen LogP contribution >= 0.6 is 31.3 Å². The van der Waals surface area contributed by atoms with Gasteiger partial charge in [-0.25, -0.2) is 18.3 Å². The fourth-order valence-corrected chi connectivity index (χ4v) is 0. The summed E-state index contributed by atoms with van der Waals surface area (Å²) < 4.78 is 35.5. The zero-order valence-corrected chi connectivity index (χ0v) is 12.4. The molecule has 0 aromatic carbocycles. The molecule has 0 aliphatic rings. The normalized spacial score (nSPS) is 11.2. The molecule has 21 heteroatoms. The minimum atomic E-state index is -4.64. The fourth-order valence-electron chi connectivity index (χ4n) is 0. The van der Waals surface area contributed by atoms with Crippen molar-refractivity contribution in [3.8, 4) is 0 Å². The molecule has 132 valence electrons. The van der Waals surface area contributed by atoms with Crippen molar-refractivity contribution in [1.29, 1.82) is 0 Å². The van der Waals surface area contributed by atoms with Crippen LogP contribution in [0, 0.1) is 0 Å². The third-order valence-corrected chi connectivity index (χ3v) is 0. The molecule has 0 bridgehead atoms. The molecule has 0 atom stereocenters. The van der Waals surface area contributed by atoms with E-state index in [0.29, 0.717) is 0 Å². The van der Waals surface area contributed by atoms with Crippen LogP contribution in [0.15, 0.2) is 0 Å². The van der Waals surface area contributed by atoms with Crippen molar-refractivity contribution >= 4 is 69.0 Å². The standard InChI is InChI=1S/Ca.4H3O4P.2H/c;4*1-5(2,3)4;;/h;4*(H3,1,2,3,4);;. The second-order valence-electron chi connectivity index (χ2n) is 2.05. The van der Waals surface area contributed by atoms with E-state index in [4.69, 9.17) is 77.0 Å². The summed E-state index contributed by atoms with van der Waals surface area (Å²) in [6.07, 6.45) is 0. The molecular weight excluding hydrogens is 420 g/mol. The molecule has 21 heavy (non-hydrogen) atoms. The SMILES string of the molecule is O=P(O)(O)O.O=P(O)(O)O.O=P(O)(O)O.O=P(O)(O)O.[CaH2]. The Bertz CT molecular complexity index is 285. The van der Waals surface area contributed by atoms with Crippen LogP contribution in [0.3, 0.4) is 0 Å². The van der Waals surface area contributed by atoms with Gasteiger partial charge in [-0.15, -0.1) is 0 Å². The quantitative estimate of drug-likeness (QED) is 0.126. The van der Waals surface area contributed by atoms with Gasteiger partial charge in [0.15, 0.2) is 0 Å². The molecule has 0 fully saturated rings. The van der Waals surface area contributed by atoms with Crippen molar-refractivity contribution in [2.24, 2.45) is 0 Å². The second-order valence-corrected chi connectivity index (χ2v) is 6.16. The van der Waals surface area contributed by atoms with E-state index in [-0.39, 0.29) is 37.7 Å². The Labute approximate surface area is 145 Å². The van der Waals surface area contributed by atoms with Crippen LogP contribution in [0.25, 0.3) is 0 Å². The first-order valence-electron chi connectivity index (χ1n) is 3.13. The van der Waals surface area contributed by atoms with Gasteiger partial charge in [0, 0.05) is 0 Å². The third-order valence-electron chi connectivity index (χ3n) is 0. The first kappa shape index (κ1) is 34.1. The summed E-state index contributed by atoms with van der Waals surface area (Å²) in [6.45, 7) is 0. The van der Waals surface area contributed by atoms with Crippen molar-refractivity contribution in [1.82, 2.24) is 0 Å². The van der Waals surface area contributed by atoms with Crippen LogP contribution in [0.5, 0.6) is 0 Å². The summed E-state index contributed by atoms with van der Waals surface area (Å²) in [7, 11) is -18.6. The molecule has 0 radical (unpaired) electrons. The molecular formula is H14CaO16P4. The van der Waals surface area contributed by atoms with Gasteiger partial charge in [0.1, 0.15) is 0 Å². The number of rotatable bonds is 0. The molecule has 0 rings (SSSR count). The van der Waals surface area contributed by atoms with Crippen LogP contribution in [0.1, 0.15) is 0 Å². The Hall–Kier alpha value is 1.70. The van der Waals surface area contributed by atoms with Crippen molar-refractivity contribution in [3.05, 3.63) is 0 Å². The predicted octanol–water partition coefficient (Wildman–Crippen LogP) is -4.63. The Morgan fingerprint density at radius 2 is 0.333 bits per heavy atom. The molecule has 0 saturated heterocycles. The van der Waals surface area contributed by atoms with Crippen LogP contribution in [-0.2, 0) is 18.3 Å². The summed E-state index contributed by atoms with van der Waals surface area (Å²) in [4.78, 5) is 86.2. The van der Waals surface area contributed by atoms with Gasteiger partial charge in [0.2, 0.25) is 0 Å². The van der Waals surface area contributed by atoms with Crippen LogP contribution in [0.4, 0.5) is 0 Å². The monoisotopic (exact) mass is 434 g/mol. The molecule has 12 N–H and O–H groups in total. The molecule has 0 heterocycles. The molecule has 0 saturated carbocycles. The van der Waals surface area contributed by atoms with E-state index >= 15 is 0 Å². The summed E-state index contributed by atoms with van der Waals surface area (Å²) in [5.41, 5.74) is 0. The molecule has 0 aromatic rings. The van der Waals surface area contributed by atoms with Crippen LogP contribution < -0.4 is 0 Å². The van der Waals surface area contributed by atoms with Gasteiger partial charge in [0.25, 0.3) is 0 Å². The van der Waals surface area contributed by atoms with E-state index in [9.17, 15) is 0 Å². The molecule has 0 spiro atoms. The van der Waals surface area contributed by atoms with Crippen molar-refractivity contribution in [3.63, 3.8) is 0 Å². The average molecular weight is 434 g/mol. The van der Waals surface area contributed by atoms with Crippen LogP contribution in [-0.4, -0.2) is 96.5 Å². The van der Waals surface area contributed by atoms with E-state index < -0.39 is 31.3 Å². The van der Waals surface area contributed by atoms with E-state index in [1.807, 2.05) is 0 Å². The van der Waals surface area contributed by atoms with Gasteiger partial charge in [0.05, 0.1) is 0 Å². The van der Waals surface area contributed by atoms with Gasteiger partial charge < -0.3 is 58.7 Å². The van der Waals surface area contributed by atoms with Gasteiger partial charge in [-0.1, -0.05) is 0 Å². The topological polar surface area (TPSA) is 311 Å².